The number of carbonyl (C=O) groups is 1. The van der Waals surface area contributed by atoms with E-state index >= 15 is 0 Å². The summed E-state index contributed by atoms with van der Waals surface area (Å²) < 4.78 is 25.8. The first-order valence-corrected chi connectivity index (χ1v) is 13.4. The number of aromatic nitrogens is 2. The molecule has 1 amide bonds. The zero-order valence-corrected chi connectivity index (χ0v) is 22.1. The molecular formula is C26H31ClN4O3S. The van der Waals surface area contributed by atoms with E-state index in [0.717, 1.165) is 12.0 Å². The summed E-state index contributed by atoms with van der Waals surface area (Å²) in [6.07, 6.45) is 2.44. The lowest BCUT2D eigenvalue weighted by molar-refractivity contribution is -0.117. The highest BCUT2D eigenvalue weighted by Gasteiger charge is 2.25. The van der Waals surface area contributed by atoms with Crippen LogP contribution < -0.4 is 10.2 Å². The van der Waals surface area contributed by atoms with E-state index in [2.05, 4.69) is 36.1 Å². The lowest BCUT2D eigenvalue weighted by Gasteiger charge is -2.32. The molecule has 7 nitrogen and oxygen atoms in total. The quantitative estimate of drug-likeness (QED) is 0.381. The van der Waals surface area contributed by atoms with Gasteiger partial charge in [-0.3, -0.25) is 9.69 Å². The zero-order chi connectivity index (χ0) is 25.8. The summed E-state index contributed by atoms with van der Waals surface area (Å²) in [6, 6.07) is 14.4. The molecular weight excluding hydrogens is 484 g/mol. The van der Waals surface area contributed by atoms with Gasteiger partial charge in [-0.05, 0) is 67.3 Å². The van der Waals surface area contributed by atoms with Gasteiger partial charge in [0.2, 0.25) is 21.7 Å². The van der Waals surface area contributed by atoms with E-state index in [1.165, 1.54) is 12.1 Å². The van der Waals surface area contributed by atoms with E-state index < -0.39 is 9.84 Å². The standard InChI is InChI=1S/C26H31ClN4O3S/c1-6-24(17(2)3)31(19(5)32)25-15-16-28-26(30-25)29-18(4)20-7-11-22(12-8-20)35(33,34)23-13-9-21(27)10-14-23/h7-18,24H,6H2,1-5H3,(H,28,29,30)/t18-,24+/m0/s1. The zero-order valence-electron chi connectivity index (χ0n) is 20.6. The summed E-state index contributed by atoms with van der Waals surface area (Å²) >= 11 is 5.88. The number of nitrogens with zero attached hydrogens (tertiary/aromatic N) is 3. The fraction of sp³-hybridized carbons (Fsp3) is 0.346. The number of rotatable bonds is 9. The molecule has 0 fully saturated rings. The van der Waals surface area contributed by atoms with Crippen LogP contribution in [0.15, 0.2) is 70.6 Å². The number of halogens is 1. The van der Waals surface area contributed by atoms with Crippen LogP contribution in [-0.2, 0) is 14.6 Å². The number of hydrogen-bond donors (Lipinski definition) is 1. The van der Waals surface area contributed by atoms with Crippen LogP contribution in [0.5, 0.6) is 0 Å². The molecule has 0 aliphatic heterocycles. The Balaban J connectivity index is 1.80. The van der Waals surface area contributed by atoms with Crippen molar-refractivity contribution in [3.63, 3.8) is 0 Å². The van der Waals surface area contributed by atoms with Crippen molar-refractivity contribution >= 4 is 39.1 Å². The van der Waals surface area contributed by atoms with Crippen LogP contribution in [-0.4, -0.2) is 30.3 Å². The predicted molar refractivity (Wildman–Crippen MR) is 139 cm³/mol. The molecule has 2 aromatic carbocycles. The van der Waals surface area contributed by atoms with E-state index in [1.54, 1.807) is 60.5 Å². The van der Waals surface area contributed by atoms with Crippen molar-refractivity contribution in [2.24, 2.45) is 5.92 Å². The van der Waals surface area contributed by atoms with Gasteiger partial charge in [0, 0.05) is 24.2 Å². The Morgan fingerprint density at radius 2 is 1.57 bits per heavy atom. The van der Waals surface area contributed by atoms with Crippen molar-refractivity contribution in [1.82, 2.24) is 9.97 Å². The molecule has 0 aliphatic carbocycles. The number of hydrogen-bond acceptors (Lipinski definition) is 6. The van der Waals surface area contributed by atoms with Gasteiger partial charge in [-0.25, -0.2) is 13.4 Å². The van der Waals surface area contributed by atoms with Crippen molar-refractivity contribution in [2.45, 2.75) is 62.9 Å². The molecule has 1 aromatic heterocycles. The van der Waals surface area contributed by atoms with Crippen molar-refractivity contribution in [3.8, 4) is 0 Å². The SMILES string of the molecule is CC[C@H](C(C)C)N(C(C)=O)c1ccnc(N[C@@H](C)c2ccc(S(=O)(=O)c3ccc(Cl)cc3)cc2)n1. The van der Waals surface area contributed by atoms with Crippen LogP contribution >= 0.6 is 11.6 Å². The summed E-state index contributed by atoms with van der Waals surface area (Å²) in [5.74, 6) is 1.14. The van der Waals surface area contributed by atoms with E-state index in [1.807, 2.05) is 6.92 Å². The maximum atomic E-state index is 12.9. The summed E-state index contributed by atoms with van der Waals surface area (Å²) in [4.78, 5) is 23.4. The molecule has 0 spiro atoms. The largest absolute Gasteiger partial charge is 0.348 e. The highest BCUT2D eigenvalue weighted by Crippen LogP contribution is 2.26. The second-order valence-electron chi connectivity index (χ2n) is 8.74. The molecule has 0 saturated heterocycles. The van der Waals surface area contributed by atoms with Crippen LogP contribution in [0.25, 0.3) is 0 Å². The van der Waals surface area contributed by atoms with Gasteiger partial charge >= 0.3 is 0 Å². The third-order valence-corrected chi connectivity index (χ3v) is 7.94. The highest BCUT2D eigenvalue weighted by molar-refractivity contribution is 7.91. The Hall–Kier alpha value is -2.97. The molecule has 0 aliphatic rings. The van der Waals surface area contributed by atoms with Crippen LogP contribution in [0, 0.1) is 5.92 Å². The van der Waals surface area contributed by atoms with Crippen LogP contribution in [0.4, 0.5) is 11.8 Å². The molecule has 3 rings (SSSR count). The number of sulfone groups is 1. The van der Waals surface area contributed by atoms with Gasteiger partial charge in [-0.2, -0.15) is 4.98 Å². The first-order valence-electron chi connectivity index (χ1n) is 11.5. The maximum absolute atomic E-state index is 12.9. The van der Waals surface area contributed by atoms with Crippen molar-refractivity contribution in [2.75, 3.05) is 10.2 Å². The minimum atomic E-state index is -3.64. The van der Waals surface area contributed by atoms with Crippen molar-refractivity contribution in [3.05, 3.63) is 71.4 Å². The highest BCUT2D eigenvalue weighted by atomic mass is 35.5. The van der Waals surface area contributed by atoms with E-state index in [9.17, 15) is 13.2 Å². The number of benzene rings is 2. The summed E-state index contributed by atoms with van der Waals surface area (Å²) in [7, 11) is -3.64. The third kappa shape index (κ3) is 6.18. The van der Waals surface area contributed by atoms with Crippen molar-refractivity contribution in [1.29, 1.82) is 0 Å². The van der Waals surface area contributed by atoms with Crippen LogP contribution in [0.3, 0.4) is 0 Å². The Morgan fingerprint density at radius 1 is 1.00 bits per heavy atom. The normalized spacial score (nSPS) is 13.3. The number of anilines is 2. The Kier molecular flexibility index (Phi) is 8.51. The summed E-state index contributed by atoms with van der Waals surface area (Å²) in [6.45, 7) is 9.71. The molecule has 0 saturated carbocycles. The van der Waals surface area contributed by atoms with Gasteiger partial charge in [0.25, 0.3) is 0 Å². The third-order valence-electron chi connectivity index (χ3n) is 5.91. The first kappa shape index (κ1) is 26.6. The van der Waals surface area contributed by atoms with Crippen molar-refractivity contribution < 1.29 is 13.2 Å². The summed E-state index contributed by atoms with van der Waals surface area (Å²) in [5.41, 5.74) is 0.867. The van der Waals surface area contributed by atoms with Gasteiger partial charge < -0.3 is 5.32 Å². The summed E-state index contributed by atoms with van der Waals surface area (Å²) in [5, 5.41) is 3.73. The van der Waals surface area contributed by atoms with Gasteiger partial charge in [-0.15, -0.1) is 0 Å². The molecule has 9 heteroatoms. The second-order valence-corrected chi connectivity index (χ2v) is 11.1. The van der Waals surface area contributed by atoms with E-state index in [4.69, 9.17) is 11.6 Å². The molecule has 0 bridgehead atoms. The molecule has 1 heterocycles. The molecule has 3 aromatic rings. The molecule has 186 valence electrons. The molecule has 0 unspecified atom stereocenters. The predicted octanol–water partition coefficient (Wildman–Crippen LogP) is 5.92. The molecule has 1 N–H and O–H groups in total. The van der Waals surface area contributed by atoms with Gasteiger partial charge in [0.05, 0.1) is 15.8 Å². The van der Waals surface area contributed by atoms with Gasteiger partial charge in [0.15, 0.2) is 0 Å². The van der Waals surface area contributed by atoms with Crippen LogP contribution in [0.2, 0.25) is 5.02 Å². The van der Waals surface area contributed by atoms with E-state index in [-0.39, 0.29) is 33.7 Å². The Labute approximate surface area is 212 Å². The monoisotopic (exact) mass is 514 g/mol. The fourth-order valence-corrected chi connectivity index (χ4v) is 5.42. The maximum Gasteiger partial charge on any atom is 0.225 e. The average Bonchev–Trinajstić information content (AvgIpc) is 2.82. The second kappa shape index (κ2) is 11.2. The van der Waals surface area contributed by atoms with Gasteiger partial charge in [-0.1, -0.05) is 44.5 Å². The minimum absolute atomic E-state index is 0.0304. The fourth-order valence-electron chi connectivity index (χ4n) is 4.03. The lowest BCUT2D eigenvalue weighted by Crippen LogP contribution is -2.42. The number of nitrogens with one attached hydrogen (secondary N) is 1. The smallest absolute Gasteiger partial charge is 0.225 e. The number of carbonyl (C=O) groups excluding carboxylic acids is 1. The molecule has 35 heavy (non-hydrogen) atoms. The molecule has 0 radical (unpaired) electrons. The topological polar surface area (TPSA) is 92.3 Å². The lowest BCUT2D eigenvalue weighted by atomic mass is 10.00. The first-order chi connectivity index (χ1) is 16.5. The minimum Gasteiger partial charge on any atom is -0.348 e. The Bertz CT molecular complexity index is 1260. The average molecular weight is 515 g/mol. The Morgan fingerprint density at radius 3 is 2.09 bits per heavy atom. The van der Waals surface area contributed by atoms with Gasteiger partial charge in [0.1, 0.15) is 5.82 Å². The van der Waals surface area contributed by atoms with E-state index in [0.29, 0.717) is 16.8 Å². The number of amides is 1. The molecule has 2 atom stereocenters. The van der Waals surface area contributed by atoms with Crippen LogP contribution in [0.1, 0.15) is 52.6 Å².